The van der Waals surface area contributed by atoms with Gasteiger partial charge in [0.05, 0.1) is 0 Å². The predicted molar refractivity (Wildman–Crippen MR) is 85.3 cm³/mol. The zero-order valence-corrected chi connectivity index (χ0v) is 13.7. The molecule has 1 aromatic carbocycles. The largest absolute Gasteiger partial charge is 0.486 e. The van der Waals surface area contributed by atoms with Gasteiger partial charge < -0.3 is 14.4 Å². The van der Waals surface area contributed by atoms with Crippen LogP contribution in [0.15, 0.2) is 30.3 Å². The number of rotatable bonds is 3. The summed E-state index contributed by atoms with van der Waals surface area (Å²) >= 11 is 0. The fourth-order valence-electron chi connectivity index (χ4n) is 2.70. The van der Waals surface area contributed by atoms with E-state index < -0.39 is 12.0 Å². The third-order valence-corrected chi connectivity index (χ3v) is 3.92. The van der Waals surface area contributed by atoms with Crippen molar-refractivity contribution < 1.29 is 22.6 Å². The van der Waals surface area contributed by atoms with Crippen LogP contribution in [0, 0.1) is 0 Å². The second-order valence-electron chi connectivity index (χ2n) is 5.82. The molecule has 0 radical (unpaired) electrons. The van der Waals surface area contributed by atoms with E-state index in [4.69, 9.17) is 9.47 Å². The van der Waals surface area contributed by atoms with Gasteiger partial charge in [-0.15, -0.1) is 15.3 Å². The molecule has 0 fully saturated rings. The molecular weight excluding hydrogens is 351 g/mol. The summed E-state index contributed by atoms with van der Waals surface area (Å²) in [6, 6.07) is 8.59. The van der Waals surface area contributed by atoms with Crippen molar-refractivity contribution in [2.75, 3.05) is 25.2 Å². The highest BCUT2D eigenvalue weighted by Crippen LogP contribution is 2.31. The van der Waals surface area contributed by atoms with Gasteiger partial charge in [-0.2, -0.15) is 17.7 Å². The molecule has 10 heteroatoms. The maximum absolute atomic E-state index is 13.0. The van der Waals surface area contributed by atoms with E-state index >= 15 is 0 Å². The Morgan fingerprint density at radius 1 is 1.08 bits per heavy atom. The molecule has 26 heavy (non-hydrogen) atoms. The Kier molecular flexibility index (Phi) is 3.82. The second-order valence-corrected chi connectivity index (χ2v) is 5.82. The Labute approximate surface area is 146 Å². The predicted octanol–water partition coefficient (Wildman–Crippen LogP) is 2.55. The molecule has 1 aliphatic rings. The summed E-state index contributed by atoms with van der Waals surface area (Å²) in [5, 5.41) is 10.7. The first-order valence-electron chi connectivity index (χ1n) is 7.81. The van der Waals surface area contributed by atoms with E-state index in [1.165, 1.54) is 6.07 Å². The van der Waals surface area contributed by atoms with Gasteiger partial charge in [0.25, 0.3) is 5.82 Å². The van der Waals surface area contributed by atoms with Gasteiger partial charge in [-0.25, -0.2) is 0 Å². The lowest BCUT2D eigenvalue weighted by Crippen LogP contribution is -2.20. The van der Waals surface area contributed by atoms with Gasteiger partial charge in [-0.1, -0.05) is 6.07 Å². The number of aromatic nitrogens is 4. The molecule has 0 N–H and O–H groups in total. The molecule has 0 bridgehead atoms. The summed E-state index contributed by atoms with van der Waals surface area (Å²) in [6.07, 6.45) is -4.63. The molecule has 3 aromatic rings. The molecule has 0 unspecified atom stereocenters. The summed E-state index contributed by atoms with van der Waals surface area (Å²) in [6.45, 7) is 1.42. The number of alkyl halides is 3. The number of halogens is 3. The van der Waals surface area contributed by atoms with Crippen LogP contribution >= 0.6 is 0 Å². The number of hydrogen-bond acceptors (Lipinski definition) is 6. The molecular formula is C16H14F3N5O2. The Morgan fingerprint density at radius 3 is 2.62 bits per heavy atom. The van der Waals surface area contributed by atoms with Gasteiger partial charge in [-0.3, -0.25) is 0 Å². The van der Waals surface area contributed by atoms with Gasteiger partial charge >= 0.3 is 6.18 Å². The summed E-state index contributed by atoms with van der Waals surface area (Å²) in [7, 11) is 1.74. The summed E-state index contributed by atoms with van der Waals surface area (Å²) < 4.78 is 50.7. The topological polar surface area (TPSA) is 64.8 Å². The monoisotopic (exact) mass is 365 g/mol. The molecule has 3 heterocycles. The van der Waals surface area contributed by atoms with Crippen LogP contribution in [0.1, 0.15) is 11.4 Å². The van der Waals surface area contributed by atoms with Crippen LogP contribution in [0.5, 0.6) is 11.5 Å². The maximum Gasteiger partial charge on any atom is 0.453 e. The highest BCUT2D eigenvalue weighted by atomic mass is 19.4. The Morgan fingerprint density at radius 2 is 1.85 bits per heavy atom. The van der Waals surface area contributed by atoms with E-state index in [0.29, 0.717) is 41.6 Å². The van der Waals surface area contributed by atoms with Crippen molar-refractivity contribution >= 4 is 11.5 Å². The minimum atomic E-state index is -4.63. The van der Waals surface area contributed by atoms with Gasteiger partial charge in [0.15, 0.2) is 17.1 Å². The minimum Gasteiger partial charge on any atom is -0.486 e. The molecule has 0 amide bonds. The van der Waals surface area contributed by atoms with E-state index in [0.717, 1.165) is 5.56 Å². The number of nitrogens with zero attached hydrogens (tertiary/aromatic N) is 5. The van der Waals surface area contributed by atoms with E-state index in [-0.39, 0.29) is 5.65 Å². The van der Waals surface area contributed by atoms with Gasteiger partial charge in [0, 0.05) is 13.6 Å². The molecule has 136 valence electrons. The number of hydrogen-bond donors (Lipinski definition) is 0. The molecule has 0 saturated carbocycles. The number of benzene rings is 1. The third kappa shape index (κ3) is 2.98. The number of anilines is 1. The molecule has 0 saturated heterocycles. The summed E-state index contributed by atoms with van der Waals surface area (Å²) in [5.74, 6) is 0.546. The van der Waals surface area contributed by atoms with Crippen molar-refractivity contribution in [2.45, 2.75) is 12.7 Å². The van der Waals surface area contributed by atoms with Crippen LogP contribution in [0.4, 0.5) is 19.0 Å². The molecule has 1 aliphatic heterocycles. The van der Waals surface area contributed by atoms with Crippen molar-refractivity contribution in [3.05, 3.63) is 41.7 Å². The number of fused-ring (bicyclic) bond motifs is 2. The second kappa shape index (κ2) is 6.04. The quantitative estimate of drug-likeness (QED) is 0.711. The summed E-state index contributed by atoms with van der Waals surface area (Å²) in [4.78, 5) is 1.73. The average Bonchev–Trinajstić information content (AvgIpc) is 3.05. The molecule has 0 atom stereocenters. The van der Waals surface area contributed by atoms with Crippen LogP contribution in [0.2, 0.25) is 0 Å². The first kappa shape index (κ1) is 16.4. The molecule has 4 rings (SSSR count). The van der Waals surface area contributed by atoms with E-state index in [9.17, 15) is 13.2 Å². The standard InChI is InChI=1S/C16H14F3N5O2/c1-23(9-10-2-3-11-12(8-10)26-7-6-25-11)14-5-4-13-20-21-15(16(17,18)19)24(13)22-14/h2-5,8H,6-7,9H2,1H3. The van der Waals surface area contributed by atoms with Gasteiger partial charge in [-0.05, 0) is 29.8 Å². The summed E-state index contributed by atoms with van der Waals surface area (Å²) in [5.41, 5.74) is 0.951. The first-order valence-corrected chi connectivity index (χ1v) is 7.81. The van der Waals surface area contributed by atoms with Crippen LogP contribution in [-0.4, -0.2) is 40.1 Å². The highest BCUT2D eigenvalue weighted by Gasteiger charge is 2.37. The lowest BCUT2D eigenvalue weighted by atomic mass is 10.2. The van der Waals surface area contributed by atoms with E-state index in [2.05, 4.69) is 15.3 Å². The molecule has 7 nitrogen and oxygen atoms in total. The first-order chi connectivity index (χ1) is 12.4. The smallest absolute Gasteiger partial charge is 0.453 e. The van der Waals surface area contributed by atoms with Crippen molar-refractivity contribution in [1.82, 2.24) is 19.8 Å². The fourth-order valence-corrected chi connectivity index (χ4v) is 2.70. The Balaban J connectivity index is 1.61. The van der Waals surface area contributed by atoms with Crippen LogP contribution < -0.4 is 14.4 Å². The zero-order valence-electron chi connectivity index (χ0n) is 13.7. The lowest BCUT2D eigenvalue weighted by Gasteiger charge is -2.21. The van der Waals surface area contributed by atoms with E-state index in [1.807, 2.05) is 18.2 Å². The number of ether oxygens (including phenoxy) is 2. The van der Waals surface area contributed by atoms with Crippen LogP contribution in [0.3, 0.4) is 0 Å². The SMILES string of the molecule is CN(Cc1ccc2c(c1)OCCO2)c1ccc2nnc(C(F)(F)F)n2n1. The Hall–Kier alpha value is -3.04. The highest BCUT2D eigenvalue weighted by molar-refractivity contribution is 5.48. The maximum atomic E-state index is 13.0. The van der Waals surface area contributed by atoms with Crippen molar-refractivity contribution in [1.29, 1.82) is 0 Å². The van der Waals surface area contributed by atoms with E-state index in [1.54, 1.807) is 18.0 Å². The Bertz CT molecular complexity index is 957. The fraction of sp³-hybridized carbons (Fsp3) is 0.312. The molecule has 0 aliphatic carbocycles. The molecule has 0 spiro atoms. The average molecular weight is 365 g/mol. The van der Waals surface area contributed by atoms with Crippen LogP contribution in [0.25, 0.3) is 5.65 Å². The zero-order chi connectivity index (χ0) is 18.3. The van der Waals surface area contributed by atoms with Crippen molar-refractivity contribution in [2.24, 2.45) is 0 Å². The lowest BCUT2D eigenvalue weighted by molar-refractivity contribution is -0.146. The van der Waals surface area contributed by atoms with Crippen molar-refractivity contribution in [3.8, 4) is 11.5 Å². The van der Waals surface area contributed by atoms with Gasteiger partial charge in [0.2, 0.25) is 0 Å². The van der Waals surface area contributed by atoms with Crippen molar-refractivity contribution in [3.63, 3.8) is 0 Å². The van der Waals surface area contributed by atoms with Crippen LogP contribution in [-0.2, 0) is 12.7 Å². The normalized spacial score (nSPS) is 13.8. The minimum absolute atomic E-state index is 0.0359. The molecule has 2 aromatic heterocycles. The third-order valence-electron chi connectivity index (χ3n) is 3.92. The van der Waals surface area contributed by atoms with Gasteiger partial charge in [0.1, 0.15) is 19.0 Å².